The van der Waals surface area contributed by atoms with Gasteiger partial charge >= 0.3 is 5.97 Å². The molecule has 52 heavy (non-hydrogen) atoms. The monoisotopic (exact) mass is 734 g/mol. The molecule has 0 aliphatic heterocycles. The van der Waals surface area contributed by atoms with Crippen LogP contribution in [0.2, 0.25) is 0 Å². The number of rotatable bonds is 24. The topological polar surface area (TPSA) is 319 Å². The van der Waals surface area contributed by atoms with Gasteiger partial charge in [0.25, 0.3) is 0 Å². The van der Waals surface area contributed by atoms with E-state index in [2.05, 4.69) is 31.6 Å². The number of carbonyl (C=O) groups excluding carboxylic acids is 5. The number of carbonyl (C=O) groups is 6. The van der Waals surface area contributed by atoms with Gasteiger partial charge in [-0.25, -0.2) is 0 Å². The number of nitrogens with two attached hydrogens (primary N) is 4. The largest absolute Gasteiger partial charge is 0.508 e. The fraction of sp³-hybridized carbons (Fsp3) is 0.618. The van der Waals surface area contributed by atoms with Crippen molar-refractivity contribution in [3.63, 3.8) is 0 Å². The van der Waals surface area contributed by atoms with E-state index in [-0.39, 0.29) is 49.9 Å². The molecule has 292 valence electrons. The minimum atomic E-state index is -1.24. The molecule has 0 bridgehead atoms. The molecule has 5 unspecified atom stereocenters. The molecule has 0 aliphatic rings. The van der Waals surface area contributed by atoms with Crippen LogP contribution in [0.3, 0.4) is 0 Å². The number of carboxylic acids is 1. The van der Waals surface area contributed by atoms with Crippen molar-refractivity contribution in [2.24, 2.45) is 39.8 Å². The van der Waals surface area contributed by atoms with Gasteiger partial charge in [-0.05, 0) is 81.0 Å². The Morgan fingerprint density at radius 3 is 1.85 bits per heavy atom. The van der Waals surface area contributed by atoms with E-state index in [0.29, 0.717) is 31.4 Å². The van der Waals surface area contributed by atoms with Crippen LogP contribution in [-0.2, 0) is 35.2 Å². The summed E-state index contributed by atoms with van der Waals surface area (Å²) in [6, 6.07) is 0.663. The summed E-state index contributed by atoms with van der Waals surface area (Å²) >= 11 is 0. The Morgan fingerprint density at radius 1 is 0.750 bits per heavy atom. The summed E-state index contributed by atoms with van der Waals surface area (Å²) in [5.74, 6) is -5.15. The minimum Gasteiger partial charge on any atom is -0.508 e. The van der Waals surface area contributed by atoms with Crippen molar-refractivity contribution in [2.45, 2.75) is 103 Å². The predicted molar refractivity (Wildman–Crippen MR) is 195 cm³/mol. The number of aliphatic carboxylic acids is 1. The zero-order valence-electron chi connectivity index (χ0n) is 30.5. The number of amides is 5. The fourth-order valence-electron chi connectivity index (χ4n) is 5.10. The van der Waals surface area contributed by atoms with E-state index < -0.39 is 78.2 Å². The molecule has 0 saturated heterocycles. The molecule has 18 nitrogen and oxygen atoms in total. The van der Waals surface area contributed by atoms with Crippen molar-refractivity contribution in [1.82, 2.24) is 26.6 Å². The first kappa shape index (κ1) is 45.1. The van der Waals surface area contributed by atoms with E-state index in [4.69, 9.17) is 28.0 Å². The fourth-order valence-corrected chi connectivity index (χ4v) is 5.10. The van der Waals surface area contributed by atoms with Crippen molar-refractivity contribution in [1.29, 1.82) is 0 Å². The zero-order valence-corrected chi connectivity index (χ0v) is 30.5. The van der Waals surface area contributed by atoms with Crippen LogP contribution >= 0.6 is 0 Å². The Labute approximate surface area is 304 Å². The number of aromatic hydroxyl groups is 1. The first-order valence-corrected chi connectivity index (χ1v) is 17.4. The summed E-state index contributed by atoms with van der Waals surface area (Å²) in [6.45, 7) is 6.93. The molecule has 1 aromatic rings. The van der Waals surface area contributed by atoms with Gasteiger partial charge < -0.3 is 59.7 Å². The smallest absolute Gasteiger partial charge is 0.322 e. The van der Waals surface area contributed by atoms with Gasteiger partial charge in [0.1, 0.15) is 36.5 Å². The number of phenols is 1. The number of nitrogens with one attached hydrogen (secondary N) is 5. The van der Waals surface area contributed by atoms with E-state index in [1.807, 2.05) is 13.8 Å². The van der Waals surface area contributed by atoms with Crippen molar-refractivity contribution >= 4 is 41.5 Å². The molecule has 1 aromatic carbocycles. The highest BCUT2D eigenvalue weighted by Gasteiger charge is 2.33. The Hall–Kier alpha value is -4.97. The average Bonchev–Trinajstić information content (AvgIpc) is 3.06. The van der Waals surface area contributed by atoms with Crippen molar-refractivity contribution < 1.29 is 39.0 Å². The summed E-state index contributed by atoms with van der Waals surface area (Å²) in [7, 11) is 0. The molecule has 5 amide bonds. The summed E-state index contributed by atoms with van der Waals surface area (Å²) in [5.41, 5.74) is 23.4. The molecule has 0 spiro atoms. The van der Waals surface area contributed by atoms with E-state index in [1.165, 1.54) is 12.1 Å². The molecule has 0 heterocycles. The maximum Gasteiger partial charge on any atom is 0.322 e. The molecule has 0 fully saturated rings. The van der Waals surface area contributed by atoms with Crippen LogP contribution in [-0.4, -0.2) is 102 Å². The second-order valence-corrected chi connectivity index (χ2v) is 13.4. The Kier molecular flexibility index (Phi) is 20.4. The summed E-state index contributed by atoms with van der Waals surface area (Å²) in [5, 5.41) is 31.5. The number of phenolic OH excluding ortho intramolecular Hbond substituents is 1. The lowest BCUT2D eigenvalue weighted by Gasteiger charge is -2.28. The number of hydrogen-bond acceptors (Lipinski definition) is 10. The SMILES string of the molecule is CC(C)CC(NC(=O)C(NC(=O)C(CCCCN)NC(=O)C(CCCN=C(N)N)NC(=O)C(N)Cc1ccc(O)cc1)C(C)C)C(=O)NCC(=O)O. The van der Waals surface area contributed by atoms with Gasteiger partial charge in [0.05, 0.1) is 6.04 Å². The first-order valence-electron chi connectivity index (χ1n) is 17.4. The molecule has 5 atom stereocenters. The summed E-state index contributed by atoms with van der Waals surface area (Å²) in [6.07, 6.45) is 1.87. The van der Waals surface area contributed by atoms with Crippen LogP contribution in [0, 0.1) is 11.8 Å². The number of guanidine groups is 1. The molecule has 0 aliphatic carbocycles. The maximum absolute atomic E-state index is 13.7. The van der Waals surface area contributed by atoms with Crippen LogP contribution in [0.1, 0.15) is 71.8 Å². The van der Waals surface area contributed by atoms with E-state index in [9.17, 15) is 33.9 Å². The molecular formula is C34H58N10O8. The number of benzene rings is 1. The first-order chi connectivity index (χ1) is 24.4. The number of unbranched alkanes of at least 4 members (excludes halogenated alkanes) is 1. The van der Waals surface area contributed by atoms with Gasteiger partial charge in [0.2, 0.25) is 29.5 Å². The zero-order chi connectivity index (χ0) is 39.4. The van der Waals surface area contributed by atoms with Crippen molar-refractivity contribution in [3.8, 4) is 5.75 Å². The standard InChI is InChI=1S/C34H58N10O8/c1-19(2)16-26(30(49)40-18-27(46)47)43-33(52)28(20(3)4)44-32(51)24(8-5-6-14-35)42-31(50)25(9-7-15-39-34(37)38)41-29(48)23(36)17-21-10-12-22(45)13-11-21/h10-13,19-20,23-26,28,45H,5-9,14-18,35-36H2,1-4H3,(H,40,49)(H,41,48)(H,42,50)(H,43,52)(H,44,51)(H,46,47)(H4,37,38,39). The molecule has 18 heteroatoms. The van der Waals surface area contributed by atoms with Gasteiger partial charge in [-0.3, -0.25) is 33.8 Å². The molecular weight excluding hydrogens is 676 g/mol. The Bertz CT molecular complexity index is 1350. The molecule has 15 N–H and O–H groups in total. The minimum absolute atomic E-state index is 0.0367. The van der Waals surface area contributed by atoms with Crippen LogP contribution < -0.4 is 49.5 Å². The Balaban J connectivity index is 3.21. The van der Waals surface area contributed by atoms with Gasteiger partial charge in [-0.2, -0.15) is 0 Å². The lowest BCUT2D eigenvalue weighted by molar-refractivity contribution is -0.138. The molecule has 0 aromatic heterocycles. The van der Waals surface area contributed by atoms with Crippen molar-refractivity contribution in [2.75, 3.05) is 19.6 Å². The quantitative estimate of drug-likeness (QED) is 0.0321. The van der Waals surface area contributed by atoms with Crippen LogP contribution in [0.25, 0.3) is 0 Å². The van der Waals surface area contributed by atoms with Crippen LogP contribution in [0.15, 0.2) is 29.3 Å². The lowest BCUT2D eigenvalue weighted by atomic mass is 9.99. The molecule has 0 radical (unpaired) electrons. The highest BCUT2D eigenvalue weighted by Crippen LogP contribution is 2.13. The van der Waals surface area contributed by atoms with E-state index >= 15 is 0 Å². The van der Waals surface area contributed by atoms with Crippen LogP contribution in [0.5, 0.6) is 5.75 Å². The normalized spacial score (nSPS) is 13.9. The van der Waals surface area contributed by atoms with Crippen LogP contribution in [0.4, 0.5) is 0 Å². The average molecular weight is 735 g/mol. The predicted octanol–water partition coefficient (Wildman–Crippen LogP) is -1.71. The maximum atomic E-state index is 13.7. The van der Waals surface area contributed by atoms with E-state index in [0.717, 1.165) is 0 Å². The third-order valence-electron chi connectivity index (χ3n) is 7.89. The highest BCUT2D eigenvalue weighted by molar-refractivity contribution is 5.96. The lowest BCUT2D eigenvalue weighted by Crippen LogP contribution is -2.60. The molecule has 0 saturated carbocycles. The Morgan fingerprint density at radius 2 is 1.31 bits per heavy atom. The third-order valence-corrected chi connectivity index (χ3v) is 7.89. The summed E-state index contributed by atoms with van der Waals surface area (Å²) in [4.78, 5) is 81.7. The van der Waals surface area contributed by atoms with Gasteiger partial charge in [0.15, 0.2) is 5.96 Å². The number of nitrogens with zero attached hydrogens (tertiary/aromatic N) is 1. The number of aliphatic imine (C=N–C) groups is 1. The van der Waals surface area contributed by atoms with Gasteiger partial charge in [0, 0.05) is 6.54 Å². The second-order valence-electron chi connectivity index (χ2n) is 13.4. The van der Waals surface area contributed by atoms with Gasteiger partial charge in [-0.15, -0.1) is 0 Å². The number of carboxylic acid groups (broad SMARTS) is 1. The third kappa shape index (κ3) is 17.8. The number of hydrogen-bond donors (Lipinski definition) is 11. The highest BCUT2D eigenvalue weighted by atomic mass is 16.4. The van der Waals surface area contributed by atoms with E-state index in [1.54, 1.807) is 26.0 Å². The van der Waals surface area contributed by atoms with Crippen molar-refractivity contribution in [3.05, 3.63) is 29.8 Å². The van der Waals surface area contributed by atoms with Gasteiger partial charge in [-0.1, -0.05) is 39.8 Å². The second kappa shape index (κ2) is 23.5. The molecule has 1 rings (SSSR count). The summed E-state index contributed by atoms with van der Waals surface area (Å²) < 4.78 is 0.